The van der Waals surface area contributed by atoms with Gasteiger partial charge in [0.1, 0.15) is 0 Å². The van der Waals surface area contributed by atoms with Crippen LogP contribution in [-0.4, -0.2) is 11.7 Å². The summed E-state index contributed by atoms with van der Waals surface area (Å²) in [6.45, 7) is 0. The van der Waals surface area contributed by atoms with E-state index in [9.17, 15) is 4.79 Å². The number of carbonyl (C=O) groups excluding carboxylic acids is 1. The highest BCUT2D eigenvalue weighted by molar-refractivity contribution is 6.19. The molecule has 2 rings (SSSR count). The van der Waals surface area contributed by atoms with Crippen molar-refractivity contribution in [1.29, 1.82) is 0 Å². The van der Waals surface area contributed by atoms with Gasteiger partial charge < -0.3 is 0 Å². The van der Waals surface area contributed by atoms with Crippen LogP contribution in [0.3, 0.4) is 0 Å². The number of Topliss-reactive ketones (excluding diaryl/α,β-unsaturated/α-hetero) is 1. The molecule has 0 aromatic heterocycles. The van der Waals surface area contributed by atoms with Gasteiger partial charge in [0, 0.05) is 17.9 Å². The summed E-state index contributed by atoms with van der Waals surface area (Å²) in [6, 6.07) is 18.1. The molecule has 0 saturated carbocycles. The van der Waals surface area contributed by atoms with Gasteiger partial charge in [-0.1, -0.05) is 54.6 Å². The molecule has 0 aliphatic heterocycles. The molecular weight excluding hydrogens is 244 g/mol. The van der Waals surface area contributed by atoms with Crippen molar-refractivity contribution >= 4 is 17.4 Å². The minimum Gasteiger partial charge on any atom is -0.294 e. The van der Waals surface area contributed by atoms with Crippen LogP contribution in [0.2, 0.25) is 0 Å². The predicted octanol–water partition coefficient (Wildman–Crippen LogP) is 4.09. The van der Waals surface area contributed by atoms with Crippen molar-refractivity contribution < 1.29 is 4.79 Å². The lowest BCUT2D eigenvalue weighted by atomic mass is 10.0. The van der Waals surface area contributed by atoms with Crippen LogP contribution in [0.4, 0.5) is 0 Å². The van der Waals surface area contributed by atoms with Crippen LogP contribution in [0.25, 0.3) is 0 Å². The third kappa shape index (κ3) is 3.44. The Hall–Kier alpha value is -1.60. The van der Waals surface area contributed by atoms with Crippen molar-refractivity contribution in [1.82, 2.24) is 0 Å². The molecule has 0 aliphatic carbocycles. The molecule has 0 spiro atoms. The number of ketones is 1. The van der Waals surface area contributed by atoms with Gasteiger partial charge >= 0.3 is 0 Å². The van der Waals surface area contributed by atoms with Crippen LogP contribution in [0.5, 0.6) is 0 Å². The zero-order chi connectivity index (χ0) is 12.8. The second-order valence-corrected chi connectivity index (χ2v) is 4.60. The number of hydrogen-bond donors (Lipinski definition) is 0. The summed E-state index contributed by atoms with van der Waals surface area (Å²) >= 11 is 5.56. The second-order valence-electron chi connectivity index (χ2n) is 4.22. The summed E-state index contributed by atoms with van der Waals surface area (Å²) in [5, 5.41) is 0. The molecule has 0 fully saturated rings. The van der Waals surface area contributed by atoms with E-state index in [0.29, 0.717) is 12.3 Å². The highest BCUT2D eigenvalue weighted by Gasteiger charge is 2.04. The van der Waals surface area contributed by atoms with Crippen LogP contribution in [0.15, 0.2) is 54.6 Å². The van der Waals surface area contributed by atoms with Gasteiger partial charge in [-0.2, -0.15) is 0 Å². The standard InChI is InChI=1S/C16H15ClO/c17-11-10-16(18)15-8-6-14(7-9-15)12-13-4-2-1-3-5-13/h1-9H,10-12H2. The van der Waals surface area contributed by atoms with E-state index in [-0.39, 0.29) is 5.78 Å². The second kappa shape index (κ2) is 6.36. The van der Waals surface area contributed by atoms with Crippen LogP contribution in [0, 0.1) is 0 Å². The third-order valence-electron chi connectivity index (χ3n) is 2.85. The van der Waals surface area contributed by atoms with Crippen molar-refractivity contribution in [2.75, 3.05) is 5.88 Å². The van der Waals surface area contributed by atoms with Crippen LogP contribution in [0.1, 0.15) is 27.9 Å². The fourth-order valence-electron chi connectivity index (χ4n) is 1.87. The van der Waals surface area contributed by atoms with Gasteiger partial charge in [-0.15, -0.1) is 11.6 Å². The average Bonchev–Trinajstić information content (AvgIpc) is 2.41. The molecule has 92 valence electrons. The summed E-state index contributed by atoms with van der Waals surface area (Å²) in [7, 11) is 0. The fourth-order valence-corrected chi connectivity index (χ4v) is 2.04. The molecule has 0 amide bonds. The Balaban J connectivity index is 2.06. The minimum atomic E-state index is 0.108. The maximum absolute atomic E-state index is 11.6. The van der Waals surface area contributed by atoms with E-state index in [0.717, 1.165) is 12.0 Å². The maximum atomic E-state index is 11.6. The number of rotatable bonds is 5. The SMILES string of the molecule is O=C(CCCl)c1ccc(Cc2ccccc2)cc1. The van der Waals surface area contributed by atoms with E-state index in [4.69, 9.17) is 11.6 Å². The summed E-state index contributed by atoms with van der Waals surface area (Å²) in [6.07, 6.45) is 1.30. The van der Waals surface area contributed by atoms with Crippen LogP contribution >= 0.6 is 11.6 Å². The quantitative estimate of drug-likeness (QED) is 0.583. The van der Waals surface area contributed by atoms with E-state index in [1.54, 1.807) is 0 Å². The van der Waals surface area contributed by atoms with Crippen LogP contribution in [-0.2, 0) is 6.42 Å². The van der Waals surface area contributed by atoms with Crippen LogP contribution < -0.4 is 0 Å². The van der Waals surface area contributed by atoms with Gasteiger partial charge in [0.25, 0.3) is 0 Å². The summed E-state index contributed by atoms with van der Waals surface area (Å²) in [4.78, 5) is 11.6. The lowest BCUT2D eigenvalue weighted by Gasteiger charge is -2.03. The maximum Gasteiger partial charge on any atom is 0.164 e. The molecule has 0 saturated heterocycles. The lowest BCUT2D eigenvalue weighted by molar-refractivity contribution is 0.0989. The molecule has 1 nitrogen and oxygen atoms in total. The molecule has 2 heteroatoms. The van der Waals surface area contributed by atoms with Gasteiger partial charge in [-0.25, -0.2) is 0 Å². The Bertz CT molecular complexity index is 502. The number of benzene rings is 2. The molecule has 0 aliphatic rings. The summed E-state index contributed by atoms with van der Waals surface area (Å²) < 4.78 is 0. The van der Waals surface area contributed by atoms with Gasteiger partial charge in [0.05, 0.1) is 0 Å². The summed E-state index contributed by atoms with van der Waals surface area (Å²) in [5.41, 5.74) is 3.23. The summed E-state index contributed by atoms with van der Waals surface area (Å²) in [5.74, 6) is 0.487. The highest BCUT2D eigenvalue weighted by Crippen LogP contribution is 2.12. The van der Waals surface area contributed by atoms with Crippen molar-refractivity contribution in [2.24, 2.45) is 0 Å². The van der Waals surface area contributed by atoms with Gasteiger partial charge in [-0.3, -0.25) is 4.79 Å². The smallest absolute Gasteiger partial charge is 0.164 e. The molecule has 2 aromatic rings. The zero-order valence-electron chi connectivity index (χ0n) is 10.1. The normalized spacial score (nSPS) is 10.3. The molecule has 2 aromatic carbocycles. The van der Waals surface area contributed by atoms with Gasteiger partial charge in [-0.05, 0) is 17.5 Å². The molecule has 0 atom stereocenters. The predicted molar refractivity (Wildman–Crippen MR) is 75.4 cm³/mol. The molecule has 0 radical (unpaired) electrons. The van der Waals surface area contributed by atoms with E-state index in [1.165, 1.54) is 11.1 Å². The van der Waals surface area contributed by atoms with Crippen molar-refractivity contribution in [2.45, 2.75) is 12.8 Å². The lowest BCUT2D eigenvalue weighted by Crippen LogP contribution is -1.99. The van der Waals surface area contributed by atoms with Crippen molar-refractivity contribution in [3.63, 3.8) is 0 Å². The minimum absolute atomic E-state index is 0.108. The average molecular weight is 259 g/mol. The topological polar surface area (TPSA) is 17.1 Å². The first kappa shape index (κ1) is 12.8. The van der Waals surface area contributed by atoms with Crippen molar-refractivity contribution in [3.05, 3.63) is 71.3 Å². The van der Waals surface area contributed by atoms with Gasteiger partial charge in [0.15, 0.2) is 5.78 Å². The molecule has 0 unspecified atom stereocenters. The number of alkyl halides is 1. The largest absolute Gasteiger partial charge is 0.294 e. The van der Waals surface area contributed by atoms with E-state index < -0.39 is 0 Å². The molecular formula is C16H15ClO. The zero-order valence-corrected chi connectivity index (χ0v) is 10.9. The van der Waals surface area contributed by atoms with E-state index >= 15 is 0 Å². The monoisotopic (exact) mass is 258 g/mol. The Morgan fingerprint density at radius 1 is 0.889 bits per heavy atom. The third-order valence-corrected chi connectivity index (χ3v) is 3.04. The molecule has 0 heterocycles. The molecule has 0 bridgehead atoms. The first-order valence-electron chi connectivity index (χ1n) is 6.01. The highest BCUT2D eigenvalue weighted by atomic mass is 35.5. The molecule has 18 heavy (non-hydrogen) atoms. The Labute approximate surface area is 112 Å². The Morgan fingerprint density at radius 3 is 2.11 bits per heavy atom. The van der Waals surface area contributed by atoms with E-state index in [2.05, 4.69) is 12.1 Å². The van der Waals surface area contributed by atoms with Crippen molar-refractivity contribution in [3.8, 4) is 0 Å². The fraction of sp³-hybridized carbons (Fsp3) is 0.188. The number of carbonyl (C=O) groups is 1. The first-order chi connectivity index (χ1) is 8.79. The molecule has 0 N–H and O–H groups in total. The van der Waals surface area contributed by atoms with Gasteiger partial charge in [0.2, 0.25) is 0 Å². The van der Waals surface area contributed by atoms with E-state index in [1.807, 2.05) is 42.5 Å². The Kier molecular flexibility index (Phi) is 4.54. The Morgan fingerprint density at radius 2 is 1.50 bits per heavy atom. The number of halogens is 1. The number of hydrogen-bond acceptors (Lipinski definition) is 1. The first-order valence-corrected chi connectivity index (χ1v) is 6.55.